The number of benzene rings is 1. The minimum atomic E-state index is -0.122. The molecule has 94 valence electrons. The van der Waals surface area contributed by atoms with Crippen molar-refractivity contribution < 1.29 is 4.39 Å². The van der Waals surface area contributed by atoms with E-state index in [0.29, 0.717) is 12.0 Å². The molecule has 0 saturated heterocycles. The van der Waals surface area contributed by atoms with Crippen molar-refractivity contribution >= 4 is 0 Å². The molecular formula is C15H22FN. The fourth-order valence-corrected chi connectivity index (χ4v) is 2.88. The summed E-state index contributed by atoms with van der Waals surface area (Å²) in [7, 11) is 0. The molecule has 0 bridgehead atoms. The summed E-state index contributed by atoms with van der Waals surface area (Å²) in [6, 6.07) is 7.62. The van der Waals surface area contributed by atoms with Gasteiger partial charge in [-0.2, -0.15) is 0 Å². The average Bonchev–Trinajstić information content (AvgIpc) is 2.28. The largest absolute Gasteiger partial charge is 0.313 e. The number of hydrogen-bond acceptors (Lipinski definition) is 1. The van der Waals surface area contributed by atoms with Crippen LogP contribution in [0.3, 0.4) is 0 Å². The zero-order chi connectivity index (χ0) is 12.5. The molecule has 1 aromatic rings. The lowest BCUT2D eigenvalue weighted by Crippen LogP contribution is -2.55. The Hall–Kier alpha value is -0.890. The Labute approximate surface area is 103 Å². The van der Waals surface area contributed by atoms with Crippen LogP contribution in [0.4, 0.5) is 4.39 Å². The summed E-state index contributed by atoms with van der Waals surface area (Å²) in [5.41, 5.74) is 1.37. The minimum Gasteiger partial charge on any atom is -0.313 e. The maximum atomic E-state index is 13.2. The molecule has 1 N–H and O–H groups in total. The number of rotatable bonds is 4. The molecule has 1 aromatic carbocycles. The van der Waals surface area contributed by atoms with Gasteiger partial charge in [0.15, 0.2) is 0 Å². The third kappa shape index (κ3) is 2.37. The Balaban J connectivity index is 2.06. The monoisotopic (exact) mass is 235 g/mol. The van der Waals surface area contributed by atoms with Crippen molar-refractivity contribution in [1.29, 1.82) is 0 Å². The Morgan fingerprint density at radius 3 is 2.76 bits per heavy atom. The van der Waals surface area contributed by atoms with Crippen molar-refractivity contribution in [2.75, 3.05) is 6.54 Å². The van der Waals surface area contributed by atoms with E-state index in [1.54, 1.807) is 6.07 Å². The molecule has 0 spiro atoms. The van der Waals surface area contributed by atoms with Gasteiger partial charge in [-0.1, -0.05) is 32.9 Å². The van der Waals surface area contributed by atoms with E-state index < -0.39 is 0 Å². The van der Waals surface area contributed by atoms with Crippen molar-refractivity contribution in [1.82, 2.24) is 5.32 Å². The highest BCUT2D eigenvalue weighted by atomic mass is 19.1. The van der Waals surface area contributed by atoms with E-state index in [1.807, 2.05) is 12.1 Å². The second-order valence-electron chi connectivity index (χ2n) is 5.67. The van der Waals surface area contributed by atoms with Crippen molar-refractivity contribution in [3.05, 3.63) is 35.6 Å². The van der Waals surface area contributed by atoms with Gasteiger partial charge < -0.3 is 5.32 Å². The predicted molar refractivity (Wildman–Crippen MR) is 69.6 cm³/mol. The van der Waals surface area contributed by atoms with Gasteiger partial charge in [-0.05, 0) is 48.4 Å². The van der Waals surface area contributed by atoms with Crippen molar-refractivity contribution in [3.63, 3.8) is 0 Å². The lowest BCUT2D eigenvalue weighted by Gasteiger charge is -2.53. The van der Waals surface area contributed by atoms with Crippen LogP contribution in [0.15, 0.2) is 24.3 Å². The van der Waals surface area contributed by atoms with E-state index in [1.165, 1.54) is 6.07 Å². The average molecular weight is 235 g/mol. The van der Waals surface area contributed by atoms with Crippen LogP contribution in [0.2, 0.25) is 0 Å². The lowest BCUT2D eigenvalue weighted by molar-refractivity contribution is 0.0693. The van der Waals surface area contributed by atoms with Crippen LogP contribution < -0.4 is 5.32 Å². The minimum absolute atomic E-state index is 0.122. The van der Waals surface area contributed by atoms with E-state index >= 15 is 0 Å². The van der Waals surface area contributed by atoms with Crippen molar-refractivity contribution in [2.45, 2.75) is 45.6 Å². The van der Waals surface area contributed by atoms with Gasteiger partial charge >= 0.3 is 0 Å². The number of nitrogens with one attached hydrogen (secondary N) is 1. The molecule has 1 aliphatic rings. The van der Waals surface area contributed by atoms with Crippen molar-refractivity contribution in [3.8, 4) is 0 Å². The van der Waals surface area contributed by atoms with Crippen LogP contribution in [0.25, 0.3) is 0 Å². The number of hydrogen-bond donors (Lipinski definition) is 1. The Morgan fingerprint density at radius 1 is 1.41 bits per heavy atom. The molecule has 17 heavy (non-hydrogen) atoms. The third-order valence-electron chi connectivity index (χ3n) is 4.16. The molecule has 0 radical (unpaired) electrons. The van der Waals surface area contributed by atoms with Crippen molar-refractivity contribution in [2.24, 2.45) is 5.41 Å². The van der Waals surface area contributed by atoms with Crippen LogP contribution in [-0.4, -0.2) is 12.6 Å². The van der Waals surface area contributed by atoms with Crippen LogP contribution in [0, 0.1) is 11.2 Å². The second-order valence-corrected chi connectivity index (χ2v) is 5.67. The van der Waals surface area contributed by atoms with Gasteiger partial charge in [-0.3, -0.25) is 0 Å². The molecular weight excluding hydrogens is 213 g/mol. The summed E-state index contributed by atoms with van der Waals surface area (Å²) in [5.74, 6) is 0.357. The van der Waals surface area contributed by atoms with Gasteiger partial charge in [0.05, 0.1) is 0 Å². The quantitative estimate of drug-likeness (QED) is 0.839. The molecule has 0 heterocycles. The molecule has 0 aliphatic heterocycles. The van der Waals surface area contributed by atoms with Gasteiger partial charge in [0.2, 0.25) is 0 Å². The first kappa shape index (κ1) is 12.6. The summed E-state index contributed by atoms with van der Waals surface area (Å²) in [6.45, 7) is 7.81. The van der Waals surface area contributed by atoms with Gasteiger partial charge in [0.1, 0.15) is 5.82 Å². The third-order valence-corrected chi connectivity index (χ3v) is 4.16. The maximum Gasteiger partial charge on any atom is 0.123 e. The first-order chi connectivity index (χ1) is 8.05. The summed E-state index contributed by atoms with van der Waals surface area (Å²) in [4.78, 5) is 0. The zero-order valence-electron chi connectivity index (χ0n) is 11.0. The molecule has 1 saturated carbocycles. The molecule has 0 amide bonds. The van der Waals surface area contributed by atoms with E-state index in [-0.39, 0.29) is 11.2 Å². The van der Waals surface area contributed by atoms with Crippen LogP contribution in [-0.2, 0) is 0 Å². The Kier molecular flexibility index (Phi) is 3.53. The van der Waals surface area contributed by atoms with Gasteiger partial charge in [-0.25, -0.2) is 4.39 Å². The topological polar surface area (TPSA) is 12.0 Å². The first-order valence-corrected chi connectivity index (χ1v) is 6.54. The maximum absolute atomic E-state index is 13.2. The molecule has 2 unspecified atom stereocenters. The van der Waals surface area contributed by atoms with Crippen LogP contribution >= 0.6 is 0 Å². The number of halogens is 1. The summed E-state index contributed by atoms with van der Waals surface area (Å²) < 4.78 is 13.2. The Morgan fingerprint density at radius 2 is 2.18 bits per heavy atom. The fraction of sp³-hybridized carbons (Fsp3) is 0.600. The van der Waals surface area contributed by atoms with E-state index in [4.69, 9.17) is 0 Å². The summed E-state index contributed by atoms with van der Waals surface area (Å²) in [5, 5.41) is 3.58. The predicted octanol–water partition coefficient (Wildman–Crippen LogP) is 3.71. The smallest absolute Gasteiger partial charge is 0.123 e. The Bertz CT molecular complexity index is 386. The van der Waals surface area contributed by atoms with E-state index in [0.717, 1.165) is 24.9 Å². The van der Waals surface area contributed by atoms with Crippen LogP contribution in [0.5, 0.6) is 0 Å². The first-order valence-electron chi connectivity index (χ1n) is 6.54. The SMILES string of the molecule is CCCNC1CC(c2cccc(F)c2)C1(C)C. The molecule has 1 fully saturated rings. The summed E-state index contributed by atoms with van der Waals surface area (Å²) in [6.07, 6.45) is 2.29. The normalized spacial score (nSPS) is 26.6. The fourth-order valence-electron chi connectivity index (χ4n) is 2.88. The highest BCUT2D eigenvalue weighted by molar-refractivity contribution is 5.27. The highest BCUT2D eigenvalue weighted by Gasteiger charge is 2.48. The zero-order valence-corrected chi connectivity index (χ0v) is 11.0. The lowest BCUT2D eigenvalue weighted by atomic mass is 9.56. The van der Waals surface area contributed by atoms with Gasteiger partial charge in [0, 0.05) is 6.04 Å². The molecule has 2 rings (SSSR count). The summed E-state index contributed by atoms with van der Waals surface area (Å²) >= 11 is 0. The molecule has 0 aromatic heterocycles. The van der Waals surface area contributed by atoms with E-state index in [2.05, 4.69) is 26.1 Å². The second kappa shape index (κ2) is 4.77. The standard InChI is InChI=1S/C15H22FN/c1-4-8-17-14-10-13(15(14,2)3)11-6-5-7-12(16)9-11/h5-7,9,13-14,17H,4,8,10H2,1-3H3. The molecule has 1 nitrogen and oxygen atoms in total. The molecule has 1 aliphatic carbocycles. The van der Waals surface area contributed by atoms with Gasteiger partial charge in [-0.15, -0.1) is 0 Å². The highest BCUT2D eigenvalue weighted by Crippen LogP contribution is 2.52. The van der Waals surface area contributed by atoms with Gasteiger partial charge in [0.25, 0.3) is 0 Å². The van der Waals surface area contributed by atoms with Crippen LogP contribution in [0.1, 0.15) is 45.1 Å². The molecule has 2 atom stereocenters. The van der Waals surface area contributed by atoms with E-state index in [9.17, 15) is 4.39 Å². The molecule has 2 heteroatoms.